The highest BCUT2D eigenvalue weighted by Crippen LogP contribution is 2.13. The van der Waals surface area contributed by atoms with E-state index in [4.69, 9.17) is 4.84 Å². The number of hydrogen-bond acceptors (Lipinski definition) is 2. The number of hydroxylamine groups is 1. The summed E-state index contributed by atoms with van der Waals surface area (Å²) in [6, 6.07) is 8.02. The summed E-state index contributed by atoms with van der Waals surface area (Å²) in [5.74, 6) is 0. The van der Waals surface area contributed by atoms with Crippen LogP contribution in [0.15, 0.2) is 30.8 Å². The summed E-state index contributed by atoms with van der Waals surface area (Å²) < 4.78 is 0. The Morgan fingerprint density at radius 2 is 2.08 bits per heavy atom. The molecule has 1 aromatic carbocycles. The molecule has 12 heavy (non-hydrogen) atoms. The lowest BCUT2D eigenvalue weighted by atomic mass is 10.1. The van der Waals surface area contributed by atoms with Crippen LogP contribution in [-0.4, -0.2) is 7.11 Å². The van der Waals surface area contributed by atoms with Gasteiger partial charge in [0, 0.05) is 5.56 Å². The van der Waals surface area contributed by atoms with E-state index in [1.54, 1.807) is 7.11 Å². The minimum Gasteiger partial charge on any atom is -0.279 e. The third-order valence-electron chi connectivity index (χ3n) is 1.70. The molecule has 0 unspecified atom stereocenters. The Labute approximate surface area is 72.8 Å². The van der Waals surface area contributed by atoms with E-state index in [9.17, 15) is 0 Å². The van der Waals surface area contributed by atoms with Crippen LogP contribution >= 0.6 is 0 Å². The fraction of sp³-hybridized carbons (Fsp3) is 0.200. The Morgan fingerprint density at radius 3 is 2.67 bits per heavy atom. The Bertz CT molecular complexity index is 281. The minimum atomic E-state index is 0.788. The van der Waals surface area contributed by atoms with Crippen molar-refractivity contribution in [2.75, 3.05) is 7.11 Å². The molecular weight excluding hydrogens is 150 g/mol. The molecule has 0 aromatic heterocycles. The molecule has 1 aromatic rings. The van der Waals surface area contributed by atoms with E-state index >= 15 is 0 Å². The van der Waals surface area contributed by atoms with Crippen LogP contribution in [0.1, 0.15) is 11.1 Å². The Balaban J connectivity index is 2.87. The summed E-state index contributed by atoms with van der Waals surface area (Å²) in [5.41, 5.74) is 5.77. The second kappa shape index (κ2) is 3.93. The molecule has 1 N–H and O–H groups in total. The maximum Gasteiger partial charge on any atom is 0.0636 e. The van der Waals surface area contributed by atoms with Crippen molar-refractivity contribution in [1.82, 2.24) is 5.48 Å². The Kier molecular flexibility index (Phi) is 2.88. The molecule has 0 saturated heterocycles. The number of rotatable bonds is 3. The maximum atomic E-state index is 4.76. The topological polar surface area (TPSA) is 21.3 Å². The zero-order chi connectivity index (χ0) is 8.97. The zero-order valence-corrected chi connectivity index (χ0v) is 7.42. The molecule has 2 nitrogen and oxygen atoms in total. The van der Waals surface area contributed by atoms with Crippen LogP contribution in [0.4, 0.5) is 0 Å². The first-order chi connectivity index (χ1) is 5.75. The summed E-state index contributed by atoms with van der Waals surface area (Å²) in [5, 5.41) is 0. The van der Waals surface area contributed by atoms with Crippen molar-refractivity contribution in [2.24, 2.45) is 0 Å². The molecule has 0 saturated carbocycles. The molecular formula is C10H13NO. The third-order valence-corrected chi connectivity index (χ3v) is 1.70. The molecule has 0 bridgehead atoms. The van der Waals surface area contributed by atoms with Crippen molar-refractivity contribution in [1.29, 1.82) is 0 Å². The highest BCUT2D eigenvalue weighted by atomic mass is 16.6. The molecule has 0 atom stereocenters. The first-order valence-corrected chi connectivity index (χ1v) is 3.79. The zero-order valence-electron chi connectivity index (χ0n) is 7.42. The quantitative estimate of drug-likeness (QED) is 0.689. The summed E-state index contributed by atoms with van der Waals surface area (Å²) in [4.78, 5) is 4.76. The monoisotopic (exact) mass is 163 g/mol. The van der Waals surface area contributed by atoms with Gasteiger partial charge in [-0.25, -0.2) is 0 Å². The molecule has 0 spiro atoms. The van der Waals surface area contributed by atoms with Gasteiger partial charge in [0.2, 0.25) is 0 Å². The molecule has 0 radical (unpaired) electrons. The number of hydrogen-bond donors (Lipinski definition) is 1. The van der Waals surface area contributed by atoms with E-state index in [-0.39, 0.29) is 0 Å². The van der Waals surface area contributed by atoms with E-state index in [0.29, 0.717) is 0 Å². The first kappa shape index (κ1) is 8.81. The second-order valence-electron chi connectivity index (χ2n) is 2.60. The van der Waals surface area contributed by atoms with Crippen LogP contribution in [0.3, 0.4) is 0 Å². The van der Waals surface area contributed by atoms with Gasteiger partial charge in [-0.2, -0.15) is 0 Å². The van der Waals surface area contributed by atoms with E-state index in [0.717, 1.165) is 11.3 Å². The predicted octanol–water partition coefficient (Wildman–Crippen LogP) is 2.12. The molecule has 2 heteroatoms. The predicted molar refractivity (Wildman–Crippen MR) is 50.4 cm³/mol. The third kappa shape index (κ3) is 1.86. The lowest BCUT2D eigenvalue weighted by Gasteiger charge is -2.08. The van der Waals surface area contributed by atoms with Crippen LogP contribution in [0.2, 0.25) is 0 Å². The lowest BCUT2D eigenvalue weighted by Crippen LogP contribution is -2.09. The van der Waals surface area contributed by atoms with Crippen LogP contribution in [0.5, 0.6) is 0 Å². The van der Waals surface area contributed by atoms with Gasteiger partial charge in [0.1, 0.15) is 0 Å². The molecule has 0 heterocycles. The van der Waals surface area contributed by atoms with Crippen LogP contribution in [0, 0.1) is 6.92 Å². The number of benzene rings is 1. The average molecular weight is 163 g/mol. The van der Waals surface area contributed by atoms with Crippen molar-refractivity contribution in [3.63, 3.8) is 0 Å². The minimum absolute atomic E-state index is 0.788. The van der Waals surface area contributed by atoms with Gasteiger partial charge >= 0.3 is 0 Å². The normalized spacial score (nSPS) is 9.50. The van der Waals surface area contributed by atoms with Gasteiger partial charge in [-0.15, -0.1) is 0 Å². The van der Waals surface area contributed by atoms with E-state index in [2.05, 4.69) is 12.1 Å². The summed E-state index contributed by atoms with van der Waals surface area (Å²) in [6.07, 6.45) is 0. The highest BCUT2D eigenvalue weighted by Gasteiger charge is 1.99. The Hall–Kier alpha value is -1.28. The van der Waals surface area contributed by atoms with Gasteiger partial charge in [0.15, 0.2) is 0 Å². The van der Waals surface area contributed by atoms with E-state index < -0.39 is 0 Å². The SMILES string of the molecule is C=C(NOC)c1ccccc1C. The van der Waals surface area contributed by atoms with Crippen molar-refractivity contribution < 1.29 is 4.84 Å². The fourth-order valence-electron chi connectivity index (χ4n) is 1.09. The van der Waals surface area contributed by atoms with Gasteiger partial charge in [-0.05, 0) is 12.5 Å². The highest BCUT2D eigenvalue weighted by molar-refractivity contribution is 5.63. The molecule has 1 rings (SSSR count). The fourth-order valence-corrected chi connectivity index (χ4v) is 1.09. The smallest absolute Gasteiger partial charge is 0.0636 e. The van der Waals surface area contributed by atoms with E-state index in [1.807, 2.05) is 31.2 Å². The van der Waals surface area contributed by atoms with Gasteiger partial charge in [0.05, 0.1) is 12.8 Å². The van der Waals surface area contributed by atoms with Crippen molar-refractivity contribution >= 4 is 5.70 Å². The Morgan fingerprint density at radius 1 is 1.42 bits per heavy atom. The van der Waals surface area contributed by atoms with Crippen LogP contribution < -0.4 is 5.48 Å². The van der Waals surface area contributed by atoms with Crippen molar-refractivity contribution in [3.8, 4) is 0 Å². The van der Waals surface area contributed by atoms with E-state index in [1.165, 1.54) is 5.56 Å². The second-order valence-corrected chi connectivity index (χ2v) is 2.60. The molecule has 0 aliphatic rings. The molecule has 0 aliphatic carbocycles. The van der Waals surface area contributed by atoms with Crippen LogP contribution in [0.25, 0.3) is 5.70 Å². The largest absolute Gasteiger partial charge is 0.279 e. The summed E-state index contributed by atoms with van der Waals surface area (Å²) in [7, 11) is 1.57. The lowest BCUT2D eigenvalue weighted by molar-refractivity contribution is 0.137. The van der Waals surface area contributed by atoms with Gasteiger partial charge < -0.3 is 0 Å². The van der Waals surface area contributed by atoms with Crippen molar-refractivity contribution in [3.05, 3.63) is 42.0 Å². The van der Waals surface area contributed by atoms with Gasteiger partial charge in [-0.1, -0.05) is 30.8 Å². The van der Waals surface area contributed by atoms with Gasteiger partial charge in [-0.3, -0.25) is 10.3 Å². The molecule has 0 fully saturated rings. The van der Waals surface area contributed by atoms with Crippen LogP contribution in [-0.2, 0) is 4.84 Å². The molecule has 0 aliphatic heterocycles. The van der Waals surface area contributed by atoms with Crippen molar-refractivity contribution in [2.45, 2.75) is 6.92 Å². The molecule has 64 valence electrons. The maximum absolute atomic E-state index is 4.76. The number of nitrogens with one attached hydrogen (secondary N) is 1. The first-order valence-electron chi connectivity index (χ1n) is 3.79. The summed E-state index contributed by atoms with van der Waals surface area (Å²) >= 11 is 0. The summed E-state index contributed by atoms with van der Waals surface area (Å²) in [6.45, 7) is 5.88. The number of aryl methyl sites for hydroxylation is 1. The average Bonchev–Trinajstić information content (AvgIpc) is 2.05. The molecule has 0 amide bonds. The van der Waals surface area contributed by atoms with Gasteiger partial charge in [0.25, 0.3) is 0 Å². The standard InChI is InChI=1S/C10H13NO/c1-8-6-4-5-7-10(8)9(2)11-12-3/h4-7,11H,2H2,1,3H3.